The molecule has 1 rings (SSSR count). The van der Waals surface area contributed by atoms with Gasteiger partial charge in [0.2, 0.25) is 0 Å². The van der Waals surface area contributed by atoms with Gasteiger partial charge in [0.15, 0.2) is 29.1 Å². The van der Waals surface area contributed by atoms with Crippen LogP contribution in [-0.4, -0.2) is 68.6 Å². The van der Waals surface area contributed by atoms with Crippen molar-refractivity contribution in [1.29, 1.82) is 0 Å². The molecule has 15 heavy (non-hydrogen) atoms. The Morgan fingerprint density at radius 1 is 0.667 bits per heavy atom. The first-order valence-electron chi connectivity index (χ1n) is 3.25. The zero-order chi connectivity index (χ0) is 11.0. The van der Waals surface area contributed by atoms with Crippen LogP contribution in [0.2, 0.25) is 0 Å². The molecule has 0 atom stereocenters. The van der Waals surface area contributed by atoms with E-state index >= 15 is 0 Å². The summed E-state index contributed by atoms with van der Waals surface area (Å²) < 4.78 is 62.4. The molecule has 1 aromatic carbocycles. The van der Waals surface area contributed by atoms with Gasteiger partial charge in [0.25, 0.3) is 0 Å². The van der Waals surface area contributed by atoms with E-state index in [1.807, 2.05) is 0 Å². The molecule has 0 aliphatic rings. The predicted octanol–water partition coefficient (Wildman–Crippen LogP) is -0.587. The summed E-state index contributed by atoms with van der Waals surface area (Å²) in [6.07, 6.45) is 0. The Bertz CT molecular complexity index is 357. The second kappa shape index (κ2) is 5.71. The minimum atomic E-state index is -2.76. The summed E-state index contributed by atoms with van der Waals surface area (Å²) in [5.74, 6) is -11.3. The normalized spacial score (nSPS) is 9.80. The number of rotatable bonds is 1. The van der Waals surface area contributed by atoms with Gasteiger partial charge in [0, 0.05) is 0 Å². The Morgan fingerprint density at radius 3 is 1.20 bits per heavy atom. The molecular formula is C6H3BF5KO2. The molecule has 0 radical (unpaired) electrons. The van der Waals surface area contributed by atoms with Gasteiger partial charge in [-0.1, -0.05) is 0 Å². The summed E-state index contributed by atoms with van der Waals surface area (Å²) in [6.45, 7) is 0. The fraction of sp³-hybridized carbons (Fsp3) is 0. The van der Waals surface area contributed by atoms with Crippen molar-refractivity contribution in [3.63, 3.8) is 0 Å². The van der Waals surface area contributed by atoms with E-state index in [0.717, 1.165) is 0 Å². The molecule has 0 aliphatic heterocycles. The van der Waals surface area contributed by atoms with E-state index in [1.165, 1.54) is 0 Å². The molecule has 0 bridgehead atoms. The summed E-state index contributed by atoms with van der Waals surface area (Å²) >= 11 is 0. The molecule has 0 aromatic heterocycles. The first kappa shape index (κ1) is 15.5. The molecule has 0 saturated carbocycles. The standard InChI is InChI=1S/C6H2BF5O2.K.H/c8-2-1(7(13)14)3(9)5(11)6(12)4(2)10;;/h13-14H;;. The van der Waals surface area contributed by atoms with E-state index in [9.17, 15) is 22.0 Å². The van der Waals surface area contributed by atoms with Crippen LogP contribution < -0.4 is 5.46 Å². The molecule has 0 unspecified atom stereocenters. The number of hydrogen-bond acceptors (Lipinski definition) is 2. The molecule has 78 valence electrons. The maximum absolute atomic E-state index is 12.6. The Labute approximate surface area is 124 Å². The summed E-state index contributed by atoms with van der Waals surface area (Å²) in [5, 5.41) is 16.7. The van der Waals surface area contributed by atoms with Crippen molar-refractivity contribution >= 4 is 64.0 Å². The third-order valence-electron chi connectivity index (χ3n) is 1.50. The van der Waals surface area contributed by atoms with Gasteiger partial charge in [0.1, 0.15) is 0 Å². The monoisotopic (exact) mass is 252 g/mol. The van der Waals surface area contributed by atoms with Gasteiger partial charge in [-0.3, -0.25) is 0 Å². The van der Waals surface area contributed by atoms with Crippen molar-refractivity contribution in [3.05, 3.63) is 29.1 Å². The minimum absolute atomic E-state index is 0. The van der Waals surface area contributed by atoms with Crippen LogP contribution >= 0.6 is 0 Å². The van der Waals surface area contributed by atoms with Crippen LogP contribution in [0.3, 0.4) is 0 Å². The Morgan fingerprint density at radius 2 is 0.933 bits per heavy atom. The van der Waals surface area contributed by atoms with Gasteiger partial charge >= 0.3 is 58.5 Å². The third kappa shape index (κ3) is 2.79. The zero-order valence-corrected chi connectivity index (χ0v) is 6.36. The zero-order valence-electron chi connectivity index (χ0n) is 6.36. The van der Waals surface area contributed by atoms with Crippen molar-refractivity contribution < 1.29 is 32.0 Å². The fourth-order valence-corrected chi connectivity index (χ4v) is 0.849. The van der Waals surface area contributed by atoms with Gasteiger partial charge in [0.05, 0.1) is 5.46 Å². The molecule has 0 aliphatic carbocycles. The molecule has 0 fully saturated rings. The van der Waals surface area contributed by atoms with Gasteiger partial charge in [-0.25, -0.2) is 22.0 Å². The van der Waals surface area contributed by atoms with E-state index in [-0.39, 0.29) is 51.4 Å². The SMILES string of the molecule is OB(O)c1c(F)c(F)c(F)c(F)c1F.[KH]. The van der Waals surface area contributed by atoms with Crippen molar-refractivity contribution in [2.45, 2.75) is 0 Å². The molecule has 1 aromatic rings. The summed E-state index contributed by atoms with van der Waals surface area (Å²) in [6, 6.07) is 0. The van der Waals surface area contributed by atoms with Crippen molar-refractivity contribution in [3.8, 4) is 0 Å². The van der Waals surface area contributed by atoms with Crippen LogP contribution in [0, 0.1) is 29.1 Å². The average Bonchev–Trinajstić information content (AvgIpc) is 2.11. The number of halogens is 5. The van der Waals surface area contributed by atoms with Crippen LogP contribution in [0.15, 0.2) is 0 Å². The predicted molar refractivity (Wildman–Crippen MR) is 43.2 cm³/mol. The first-order valence-corrected chi connectivity index (χ1v) is 3.25. The van der Waals surface area contributed by atoms with Crippen LogP contribution in [-0.2, 0) is 0 Å². The van der Waals surface area contributed by atoms with E-state index in [1.54, 1.807) is 0 Å². The molecule has 0 amide bonds. The summed E-state index contributed by atoms with van der Waals surface area (Å²) in [4.78, 5) is 0. The van der Waals surface area contributed by atoms with E-state index in [4.69, 9.17) is 10.0 Å². The summed E-state index contributed by atoms with van der Waals surface area (Å²) in [5.41, 5.74) is -1.67. The Hall–Kier alpha value is 0.491. The van der Waals surface area contributed by atoms with E-state index < -0.39 is 41.7 Å². The van der Waals surface area contributed by atoms with Crippen molar-refractivity contribution in [2.75, 3.05) is 0 Å². The molecule has 9 heteroatoms. The molecule has 2 N–H and O–H groups in total. The average molecular weight is 252 g/mol. The van der Waals surface area contributed by atoms with Gasteiger partial charge in [-0.2, -0.15) is 0 Å². The second-order valence-electron chi connectivity index (χ2n) is 2.36. The van der Waals surface area contributed by atoms with Crippen molar-refractivity contribution in [2.24, 2.45) is 0 Å². The van der Waals surface area contributed by atoms with Crippen LogP contribution in [0.1, 0.15) is 0 Å². The topological polar surface area (TPSA) is 40.5 Å². The van der Waals surface area contributed by atoms with Crippen LogP contribution in [0.5, 0.6) is 0 Å². The van der Waals surface area contributed by atoms with Crippen LogP contribution in [0.4, 0.5) is 22.0 Å². The second-order valence-corrected chi connectivity index (χ2v) is 2.36. The molecule has 0 saturated heterocycles. The van der Waals surface area contributed by atoms with Crippen molar-refractivity contribution in [1.82, 2.24) is 0 Å². The van der Waals surface area contributed by atoms with Gasteiger partial charge in [-0.15, -0.1) is 0 Å². The van der Waals surface area contributed by atoms with E-state index in [2.05, 4.69) is 0 Å². The fourth-order valence-electron chi connectivity index (χ4n) is 0.849. The quantitative estimate of drug-likeness (QED) is 0.303. The van der Waals surface area contributed by atoms with E-state index in [0.29, 0.717) is 0 Å². The first-order chi connectivity index (χ1) is 6.37. The molecule has 2 nitrogen and oxygen atoms in total. The maximum atomic E-state index is 12.6. The number of benzene rings is 1. The van der Waals surface area contributed by atoms with Crippen LogP contribution in [0.25, 0.3) is 0 Å². The molecule has 0 heterocycles. The van der Waals surface area contributed by atoms with Gasteiger partial charge < -0.3 is 10.0 Å². The molecule has 0 spiro atoms. The summed E-state index contributed by atoms with van der Waals surface area (Å²) in [7, 11) is -2.76. The Balaban J connectivity index is 0.00000196. The molecular weight excluding hydrogens is 249 g/mol. The third-order valence-corrected chi connectivity index (χ3v) is 1.50. The Kier molecular flexibility index (Phi) is 5.90. The van der Waals surface area contributed by atoms with Gasteiger partial charge in [-0.05, 0) is 0 Å². The number of hydrogen-bond donors (Lipinski definition) is 2.